The fourth-order valence-electron chi connectivity index (χ4n) is 4.34. The fourth-order valence-corrected chi connectivity index (χ4v) is 4.92. The summed E-state index contributed by atoms with van der Waals surface area (Å²) in [5.74, 6) is 2.10. The molecule has 0 amide bonds. The lowest BCUT2D eigenvalue weighted by Crippen LogP contribution is -2.57. The third-order valence-corrected chi connectivity index (χ3v) is 6.30. The minimum absolute atomic E-state index is 0.282. The van der Waals surface area contributed by atoms with Gasteiger partial charge in [-0.1, -0.05) is 12.1 Å². The van der Waals surface area contributed by atoms with Crippen molar-refractivity contribution in [1.82, 2.24) is 4.90 Å². The number of likely N-dealkylation sites (tertiary alicyclic amines) is 1. The van der Waals surface area contributed by atoms with Crippen molar-refractivity contribution < 1.29 is 14.6 Å². The summed E-state index contributed by atoms with van der Waals surface area (Å²) in [5.41, 5.74) is 1.25. The van der Waals surface area contributed by atoms with E-state index in [1.807, 2.05) is 12.1 Å². The molecule has 23 heavy (non-hydrogen) atoms. The molecular weight excluding hydrogens is 358 g/mol. The number of aliphatic hydroxyl groups is 1. The Morgan fingerprint density at radius 2 is 2.26 bits per heavy atom. The van der Waals surface area contributed by atoms with Gasteiger partial charge in [0.15, 0.2) is 16.0 Å². The van der Waals surface area contributed by atoms with Crippen molar-refractivity contribution in [2.45, 2.75) is 29.5 Å². The van der Waals surface area contributed by atoms with Gasteiger partial charge in [-0.25, -0.2) is 0 Å². The molecule has 6 bridgehead atoms. The van der Waals surface area contributed by atoms with Gasteiger partial charge in [-0.3, -0.25) is 0 Å². The zero-order valence-electron chi connectivity index (χ0n) is 13.4. The average molecular weight is 380 g/mol. The summed E-state index contributed by atoms with van der Waals surface area (Å²) in [6.07, 6.45) is 5.70. The Morgan fingerprint density at radius 1 is 1.43 bits per heavy atom. The Kier molecular flexibility index (Phi) is 3.70. The number of hydrogen-bond acceptors (Lipinski definition) is 4. The second-order valence-electron chi connectivity index (χ2n) is 6.89. The van der Waals surface area contributed by atoms with Gasteiger partial charge in [-0.15, -0.1) is 0 Å². The largest absolute Gasteiger partial charge is 0.493 e. The molecule has 3 aliphatic rings. The zero-order valence-corrected chi connectivity index (χ0v) is 15.0. The first-order valence-electron chi connectivity index (χ1n) is 8.14. The Bertz CT molecular complexity index is 645. The molecule has 5 heteroatoms. The van der Waals surface area contributed by atoms with Gasteiger partial charge in [0.25, 0.3) is 0 Å². The van der Waals surface area contributed by atoms with E-state index in [-0.39, 0.29) is 12.0 Å². The minimum Gasteiger partial charge on any atom is -0.493 e. The molecule has 2 aliphatic heterocycles. The zero-order chi connectivity index (χ0) is 16.2. The van der Waals surface area contributed by atoms with Crippen molar-refractivity contribution >= 4 is 15.9 Å². The molecular formula is C18H22BrNO3. The minimum atomic E-state index is -1.14. The highest BCUT2D eigenvalue weighted by atomic mass is 79.9. The number of rotatable bonds is 1. The van der Waals surface area contributed by atoms with Crippen LogP contribution in [0.3, 0.4) is 0 Å². The topological polar surface area (TPSA) is 41.9 Å². The van der Waals surface area contributed by atoms with Gasteiger partial charge in [-0.05, 0) is 72.1 Å². The van der Waals surface area contributed by atoms with Crippen molar-refractivity contribution in [1.29, 1.82) is 0 Å². The van der Waals surface area contributed by atoms with E-state index in [0.29, 0.717) is 17.7 Å². The Morgan fingerprint density at radius 3 is 3.04 bits per heavy atom. The number of hydrogen-bond donors (Lipinski definition) is 1. The van der Waals surface area contributed by atoms with E-state index in [2.05, 4.69) is 46.1 Å². The summed E-state index contributed by atoms with van der Waals surface area (Å²) in [6.45, 7) is 1.02. The summed E-state index contributed by atoms with van der Waals surface area (Å²) in [7, 11) is 3.85. The van der Waals surface area contributed by atoms with Crippen LogP contribution in [0.5, 0.6) is 11.5 Å². The van der Waals surface area contributed by atoms with E-state index in [4.69, 9.17) is 9.47 Å². The Balaban J connectivity index is 1.86. The first kappa shape index (κ1) is 15.5. The van der Waals surface area contributed by atoms with Crippen LogP contribution in [0.1, 0.15) is 12.0 Å². The maximum Gasteiger partial charge on any atom is 0.175 e. The predicted octanol–water partition coefficient (Wildman–Crippen LogP) is 2.59. The number of piperidine rings is 1. The lowest BCUT2D eigenvalue weighted by Gasteiger charge is -2.49. The number of benzene rings is 1. The Labute approximate surface area is 145 Å². The van der Waals surface area contributed by atoms with Crippen molar-refractivity contribution in [3.8, 4) is 11.5 Å². The standard InChI is InChI=1S/C18H22BrNO3/c1-20-8-6-13-12-5-7-18(19,21)17(13)23-16-10-11(9-14(12)20)3-4-15(16)22-2/h3-5,7,10,12-14,17,21H,6,8-9H2,1-2H3/t12-,13+,14-,17-,18-/m1/s1. The van der Waals surface area contributed by atoms with Crippen LogP contribution in [0.4, 0.5) is 0 Å². The molecule has 1 aromatic carbocycles. The van der Waals surface area contributed by atoms with Gasteiger partial charge in [-0.2, -0.15) is 0 Å². The Hall–Kier alpha value is -1.04. The van der Waals surface area contributed by atoms with Gasteiger partial charge >= 0.3 is 0 Å². The SMILES string of the molecule is COc1ccc2cc1O[C@@H]1[C@H]3CCN(C)[C@H](C2)[C@@H]3C=C[C@]1(O)Br. The third-order valence-electron chi connectivity index (χ3n) is 5.59. The first-order chi connectivity index (χ1) is 11.0. The molecule has 5 atom stereocenters. The van der Waals surface area contributed by atoms with E-state index in [1.165, 1.54) is 5.56 Å². The number of fused-ring (bicyclic) bond motifs is 2. The third kappa shape index (κ3) is 2.49. The molecule has 1 fully saturated rings. The molecule has 1 aromatic rings. The normalized spacial score (nSPS) is 39.0. The lowest BCUT2D eigenvalue weighted by molar-refractivity contribution is -0.0480. The number of halogens is 1. The molecule has 0 saturated carbocycles. The molecule has 4 rings (SSSR count). The summed E-state index contributed by atoms with van der Waals surface area (Å²) in [4.78, 5) is 2.44. The van der Waals surface area contributed by atoms with Crippen molar-refractivity contribution in [2.24, 2.45) is 11.8 Å². The summed E-state index contributed by atoms with van der Waals surface area (Å²) >= 11 is 3.47. The lowest BCUT2D eigenvalue weighted by atomic mass is 9.71. The molecule has 0 radical (unpaired) electrons. The molecule has 1 aliphatic carbocycles. The monoisotopic (exact) mass is 379 g/mol. The van der Waals surface area contributed by atoms with Crippen LogP contribution < -0.4 is 9.47 Å². The van der Waals surface area contributed by atoms with Crippen LogP contribution in [0, 0.1) is 11.8 Å². The number of nitrogens with zero attached hydrogens (tertiary/aromatic N) is 1. The van der Waals surface area contributed by atoms with Gasteiger partial charge in [0, 0.05) is 12.0 Å². The van der Waals surface area contributed by atoms with Crippen LogP contribution >= 0.6 is 15.9 Å². The predicted molar refractivity (Wildman–Crippen MR) is 92.1 cm³/mol. The smallest absolute Gasteiger partial charge is 0.175 e. The second-order valence-corrected chi connectivity index (χ2v) is 8.16. The highest BCUT2D eigenvalue weighted by molar-refractivity contribution is 9.10. The van der Waals surface area contributed by atoms with E-state index in [9.17, 15) is 5.11 Å². The maximum atomic E-state index is 10.8. The summed E-state index contributed by atoms with van der Waals surface area (Å²) < 4.78 is 10.6. The molecule has 2 heterocycles. The molecule has 1 saturated heterocycles. The van der Waals surface area contributed by atoms with Crippen LogP contribution in [0.25, 0.3) is 0 Å². The van der Waals surface area contributed by atoms with Gasteiger partial charge in [0.1, 0.15) is 6.10 Å². The molecule has 1 N–H and O–H groups in total. The molecule has 4 nitrogen and oxygen atoms in total. The van der Waals surface area contributed by atoms with Crippen molar-refractivity contribution in [3.63, 3.8) is 0 Å². The summed E-state index contributed by atoms with van der Waals surface area (Å²) in [6, 6.07) is 6.57. The summed E-state index contributed by atoms with van der Waals surface area (Å²) in [5, 5.41) is 10.8. The molecule has 124 valence electrons. The molecule has 0 unspecified atom stereocenters. The highest BCUT2D eigenvalue weighted by Gasteiger charge is 2.50. The molecule has 0 spiro atoms. The van der Waals surface area contributed by atoms with Crippen LogP contribution in [0.2, 0.25) is 0 Å². The fraction of sp³-hybridized carbons (Fsp3) is 0.556. The number of alkyl halides is 1. The number of methoxy groups -OCH3 is 1. The average Bonchev–Trinajstić information content (AvgIpc) is 2.54. The van der Waals surface area contributed by atoms with E-state index < -0.39 is 4.51 Å². The van der Waals surface area contributed by atoms with Gasteiger partial charge < -0.3 is 19.5 Å². The highest BCUT2D eigenvalue weighted by Crippen LogP contribution is 2.47. The van der Waals surface area contributed by atoms with Crippen LogP contribution in [-0.2, 0) is 6.42 Å². The van der Waals surface area contributed by atoms with E-state index in [0.717, 1.165) is 25.1 Å². The van der Waals surface area contributed by atoms with Crippen molar-refractivity contribution in [3.05, 3.63) is 35.9 Å². The number of ether oxygens (including phenoxy) is 2. The van der Waals surface area contributed by atoms with Crippen LogP contribution in [0.15, 0.2) is 30.4 Å². The quantitative estimate of drug-likeness (QED) is 0.601. The van der Waals surface area contributed by atoms with Gasteiger partial charge in [0.05, 0.1) is 7.11 Å². The van der Waals surface area contributed by atoms with E-state index in [1.54, 1.807) is 7.11 Å². The van der Waals surface area contributed by atoms with Crippen molar-refractivity contribution in [2.75, 3.05) is 20.7 Å². The van der Waals surface area contributed by atoms with E-state index >= 15 is 0 Å². The first-order valence-corrected chi connectivity index (χ1v) is 8.93. The number of likely N-dealkylation sites (N-methyl/N-ethyl adjacent to an activating group) is 1. The second kappa shape index (κ2) is 5.50. The maximum absolute atomic E-state index is 10.8. The van der Waals surface area contributed by atoms with Crippen LogP contribution in [-0.4, -0.2) is 47.4 Å². The van der Waals surface area contributed by atoms with Gasteiger partial charge in [0.2, 0.25) is 0 Å². The molecule has 0 aromatic heterocycles.